The van der Waals surface area contributed by atoms with Gasteiger partial charge in [0.05, 0.1) is 30.4 Å². The number of esters is 1. The van der Waals surface area contributed by atoms with E-state index >= 15 is 0 Å². The topological polar surface area (TPSA) is 88.4 Å². The van der Waals surface area contributed by atoms with E-state index in [1.807, 2.05) is 25.1 Å². The van der Waals surface area contributed by atoms with Crippen LogP contribution in [0.25, 0.3) is 0 Å². The fourth-order valence-electron chi connectivity index (χ4n) is 3.38. The van der Waals surface area contributed by atoms with E-state index in [4.69, 9.17) is 21.1 Å². The maximum absolute atomic E-state index is 12.9. The van der Waals surface area contributed by atoms with Crippen molar-refractivity contribution in [3.05, 3.63) is 75.3 Å². The Labute approximate surface area is 190 Å². The first-order valence-corrected chi connectivity index (χ1v) is 11.0. The number of nitriles is 1. The Morgan fingerprint density at radius 3 is 2.55 bits per heavy atom. The van der Waals surface area contributed by atoms with Gasteiger partial charge in [0.15, 0.2) is 0 Å². The summed E-state index contributed by atoms with van der Waals surface area (Å²) >= 11 is 7.53. The van der Waals surface area contributed by atoms with Gasteiger partial charge in [0.2, 0.25) is 5.91 Å². The Balaban J connectivity index is 2.01. The standard InChI is InChI=1S/C23H21ClN2O4S/c1-3-30-16-10-8-14(9-11-16)19-17(12-25)22(26-21(27)20(19)23(28)29-2)31-13-15-6-4-5-7-18(15)24/h4-11,19-20H,3,13H2,1-2H3,(H,26,27)/t19-,20+/m1/s1. The van der Waals surface area contributed by atoms with Crippen LogP contribution in [-0.2, 0) is 20.1 Å². The number of nitrogens with zero attached hydrogens (tertiary/aromatic N) is 1. The van der Waals surface area contributed by atoms with Crippen LogP contribution in [-0.4, -0.2) is 25.6 Å². The van der Waals surface area contributed by atoms with Gasteiger partial charge < -0.3 is 14.8 Å². The molecule has 2 aromatic rings. The number of rotatable bonds is 7. The number of carbonyl (C=O) groups excluding carboxylic acids is 2. The van der Waals surface area contributed by atoms with E-state index in [2.05, 4.69) is 11.4 Å². The van der Waals surface area contributed by atoms with Gasteiger partial charge >= 0.3 is 5.97 Å². The number of benzene rings is 2. The van der Waals surface area contributed by atoms with E-state index < -0.39 is 23.7 Å². The summed E-state index contributed by atoms with van der Waals surface area (Å²) in [5.74, 6) is -2.01. The molecule has 0 aliphatic carbocycles. The van der Waals surface area contributed by atoms with Crippen LogP contribution in [0.5, 0.6) is 5.75 Å². The summed E-state index contributed by atoms with van der Waals surface area (Å²) in [6.45, 7) is 2.40. The molecule has 2 atom stereocenters. The SMILES string of the molecule is CCOc1ccc([C@@H]2C(C#N)=C(SCc3ccccc3Cl)NC(=O)[C@H]2C(=O)OC)cc1. The van der Waals surface area contributed by atoms with Gasteiger partial charge in [-0.2, -0.15) is 5.26 Å². The lowest BCUT2D eigenvalue weighted by Gasteiger charge is -2.31. The smallest absolute Gasteiger partial charge is 0.319 e. The van der Waals surface area contributed by atoms with Crippen molar-refractivity contribution in [3.63, 3.8) is 0 Å². The molecule has 0 saturated carbocycles. The second-order valence-electron chi connectivity index (χ2n) is 6.70. The minimum atomic E-state index is -1.16. The largest absolute Gasteiger partial charge is 0.494 e. The van der Waals surface area contributed by atoms with Crippen LogP contribution >= 0.6 is 23.4 Å². The summed E-state index contributed by atoms with van der Waals surface area (Å²) in [5, 5.41) is 13.7. The second kappa shape index (κ2) is 10.4. The quantitative estimate of drug-likeness (QED) is 0.490. The van der Waals surface area contributed by atoms with Crippen LogP contribution in [0.4, 0.5) is 0 Å². The Morgan fingerprint density at radius 2 is 1.94 bits per heavy atom. The van der Waals surface area contributed by atoms with Crippen molar-refractivity contribution in [2.45, 2.75) is 18.6 Å². The summed E-state index contributed by atoms with van der Waals surface area (Å²) in [6, 6.07) is 16.6. The lowest BCUT2D eigenvalue weighted by atomic mass is 9.78. The highest BCUT2D eigenvalue weighted by molar-refractivity contribution is 8.02. The van der Waals surface area contributed by atoms with Crippen molar-refractivity contribution in [1.82, 2.24) is 5.32 Å². The van der Waals surface area contributed by atoms with E-state index in [0.717, 1.165) is 5.56 Å². The molecule has 8 heteroatoms. The molecular weight excluding hydrogens is 436 g/mol. The Hall–Kier alpha value is -2.95. The number of halogens is 1. The number of carbonyl (C=O) groups is 2. The molecule has 2 aromatic carbocycles. The van der Waals surface area contributed by atoms with Gasteiger partial charge in [-0.05, 0) is 36.2 Å². The molecule has 6 nitrogen and oxygen atoms in total. The summed E-state index contributed by atoms with van der Waals surface area (Å²) in [5.41, 5.74) is 1.83. The van der Waals surface area contributed by atoms with E-state index in [1.165, 1.54) is 18.9 Å². The molecule has 1 aliphatic rings. The number of hydrogen-bond acceptors (Lipinski definition) is 6. The van der Waals surface area contributed by atoms with Crippen LogP contribution in [0.15, 0.2) is 59.1 Å². The molecule has 0 unspecified atom stereocenters. The molecule has 0 fully saturated rings. The molecule has 1 aliphatic heterocycles. The van der Waals surface area contributed by atoms with Crippen molar-refractivity contribution in [3.8, 4) is 11.8 Å². The molecular formula is C23H21ClN2O4S. The molecule has 0 aromatic heterocycles. The second-order valence-corrected chi connectivity index (χ2v) is 8.10. The van der Waals surface area contributed by atoms with Crippen molar-refractivity contribution >= 4 is 35.2 Å². The zero-order valence-electron chi connectivity index (χ0n) is 17.1. The van der Waals surface area contributed by atoms with Gasteiger partial charge in [0, 0.05) is 16.7 Å². The van der Waals surface area contributed by atoms with Crippen LogP contribution in [0, 0.1) is 17.2 Å². The van der Waals surface area contributed by atoms with Crippen LogP contribution in [0.2, 0.25) is 5.02 Å². The molecule has 0 radical (unpaired) electrons. The number of allylic oxidation sites excluding steroid dienone is 1. The number of ether oxygens (including phenoxy) is 2. The highest BCUT2D eigenvalue weighted by Crippen LogP contribution is 2.41. The fourth-order valence-corrected chi connectivity index (χ4v) is 4.72. The summed E-state index contributed by atoms with van der Waals surface area (Å²) in [7, 11) is 1.22. The maximum Gasteiger partial charge on any atom is 0.319 e. The molecule has 3 rings (SSSR count). The predicted molar refractivity (Wildman–Crippen MR) is 119 cm³/mol. The van der Waals surface area contributed by atoms with Crippen molar-refractivity contribution < 1.29 is 19.1 Å². The molecule has 0 spiro atoms. The Morgan fingerprint density at radius 1 is 1.23 bits per heavy atom. The van der Waals surface area contributed by atoms with Crippen molar-refractivity contribution in [1.29, 1.82) is 5.26 Å². The average Bonchev–Trinajstić information content (AvgIpc) is 2.78. The monoisotopic (exact) mass is 456 g/mol. The third kappa shape index (κ3) is 5.04. The van der Waals surface area contributed by atoms with E-state index in [9.17, 15) is 14.9 Å². The first-order chi connectivity index (χ1) is 15.0. The van der Waals surface area contributed by atoms with Gasteiger partial charge in [-0.25, -0.2) is 0 Å². The maximum atomic E-state index is 12.9. The highest BCUT2D eigenvalue weighted by atomic mass is 35.5. The number of amides is 1. The molecule has 1 N–H and O–H groups in total. The first-order valence-electron chi connectivity index (χ1n) is 9.62. The fraction of sp³-hybridized carbons (Fsp3) is 0.261. The molecule has 0 saturated heterocycles. The van der Waals surface area contributed by atoms with Crippen molar-refractivity contribution in [2.24, 2.45) is 5.92 Å². The predicted octanol–water partition coefficient (Wildman–Crippen LogP) is 4.41. The summed E-state index contributed by atoms with van der Waals surface area (Å²) in [4.78, 5) is 25.3. The van der Waals surface area contributed by atoms with Gasteiger partial charge in [0.25, 0.3) is 0 Å². The van der Waals surface area contributed by atoms with Gasteiger partial charge in [0.1, 0.15) is 11.7 Å². The number of hydrogen-bond donors (Lipinski definition) is 1. The van der Waals surface area contributed by atoms with Gasteiger partial charge in [-0.1, -0.05) is 41.9 Å². The molecule has 1 heterocycles. The van der Waals surface area contributed by atoms with Gasteiger partial charge in [-0.15, -0.1) is 11.8 Å². The Kier molecular flexibility index (Phi) is 7.61. The Bertz CT molecular complexity index is 1050. The molecule has 31 heavy (non-hydrogen) atoms. The van der Waals surface area contributed by atoms with E-state index in [1.54, 1.807) is 30.3 Å². The van der Waals surface area contributed by atoms with Crippen LogP contribution < -0.4 is 10.1 Å². The molecule has 160 valence electrons. The highest BCUT2D eigenvalue weighted by Gasteiger charge is 2.44. The molecule has 0 bridgehead atoms. The van der Waals surface area contributed by atoms with Crippen LogP contribution in [0.3, 0.4) is 0 Å². The lowest BCUT2D eigenvalue weighted by molar-refractivity contribution is -0.150. The number of thioether (sulfide) groups is 1. The summed E-state index contributed by atoms with van der Waals surface area (Å²) < 4.78 is 10.3. The minimum absolute atomic E-state index is 0.302. The normalized spacial score (nSPS) is 18.2. The van der Waals surface area contributed by atoms with E-state index in [-0.39, 0.29) is 0 Å². The van der Waals surface area contributed by atoms with E-state index in [0.29, 0.717) is 39.3 Å². The zero-order valence-corrected chi connectivity index (χ0v) is 18.6. The minimum Gasteiger partial charge on any atom is -0.494 e. The zero-order chi connectivity index (χ0) is 22.4. The summed E-state index contributed by atoms with van der Waals surface area (Å²) in [6.07, 6.45) is 0. The average molecular weight is 457 g/mol. The van der Waals surface area contributed by atoms with Crippen LogP contribution in [0.1, 0.15) is 24.0 Å². The number of methoxy groups -OCH3 is 1. The first kappa shape index (κ1) is 22.7. The number of nitrogens with one attached hydrogen (secondary N) is 1. The third-order valence-electron chi connectivity index (χ3n) is 4.86. The van der Waals surface area contributed by atoms with Crippen molar-refractivity contribution in [2.75, 3.05) is 13.7 Å². The third-order valence-corrected chi connectivity index (χ3v) is 6.30. The van der Waals surface area contributed by atoms with Gasteiger partial charge in [-0.3, -0.25) is 9.59 Å². The lowest BCUT2D eigenvalue weighted by Crippen LogP contribution is -2.44. The molecule has 1 amide bonds.